The van der Waals surface area contributed by atoms with Crippen molar-refractivity contribution in [2.75, 3.05) is 19.6 Å². The third-order valence-corrected chi connectivity index (χ3v) is 5.01. The van der Waals surface area contributed by atoms with Crippen molar-refractivity contribution in [3.05, 3.63) is 71.3 Å². The van der Waals surface area contributed by atoms with Crippen LogP contribution in [-0.4, -0.2) is 40.3 Å². The van der Waals surface area contributed by atoms with E-state index in [0.29, 0.717) is 5.75 Å². The number of rotatable bonds is 5. The van der Waals surface area contributed by atoms with Crippen LogP contribution in [0.5, 0.6) is 5.75 Å². The van der Waals surface area contributed by atoms with Gasteiger partial charge in [0, 0.05) is 26.1 Å². The smallest absolute Gasteiger partial charge is 0.115 e. The Kier molecular flexibility index (Phi) is 5.57. The van der Waals surface area contributed by atoms with Gasteiger partial charge in [-0.15, -0.1) is 0 Å². The zero-order valence-corrected chi connectivity index (χ0v) is 14.9. The van der Waals surface area contributed by atoms with Gasteiger partial charge in [-0.1, -0.05) is 54.1 Å². The number of phenolic OH excluding ortho intramolecular Hbond substituents is 1. The van der Waals surface area contributed by atoms with Crippen LogP contribution in [0.2, 0.25) is 0 Å². The van der Waals surface area contributed by atoms with Gasteiger partial charge in [-0.05, 0) is 43.0 Å². The maximum absolute atomic E-state index is 10.9. The summed E-state index contributed by atoms with van der Waals surface area (Å²) in [7, 11) is 0. The van der Waals surface area contributed by atoms with Crippen molar-refractivity contribution in [2.24, 2.45) is 0 Å². The van der Waals surface area contributed by atoms with Gasteiger partial charge < -0.3 is 10.2 Å². The lowest BCUT2D eigenvalue weighted by Crippen LogP contribution is -2.45. The van der Waals surface area contributed by atoms with Crippen LogP contribution in [0, 0.1) is 6.92 Å². The first-order valence-corrected chi connectivity index (χ1v) is 8.98. The highest BCUT2D eigenvalue weighted by Gasteiger charge is 2.31. The molecule has 0 atom stereocenters. The predicted octanol–water partition coefficient (Wildman–Crippen LogP) is 3.78. The van der Waals surface area contributed by atoms with Gasteiger partial charge in [-0.25, -0.2) is 0 Å². The van der Waals surface area contributed by atoms with Gasteiger partial charge in [-0.3, -0.25) is 4.90 Å². The maximum Gasteiger partial charge on any atom is 0.115 e. The molecule has 3 nitrogen and oxygen atoms in total. The van der Waals surface area contributed by atoms with Gasteiger partial charge in [0.15, 0.2) is 0 Å². The SMILES string of the molecule is Cc1ccc(CC2(O)CCN(C/C=C/c3ccc(O)cc3)CC2)cc1. The highest BCUT2D eigenvalue weighted by Crippen LogP contribution is 2.26. The first kappa shape index (κ1) is 17.7. The third-order valence-electron chi connectivity index (χ3n) is 5.01. The van der Waals surface area contributed by atoms with E-state index in [4.69, 9.17) is 0 Å². The number of nitrogens with zero attached hydrogens (tertiary/aromatic N) is 1. The molecule has 25 heavy (non-hydrogen) atoms. The molecule has 1 saturated heterocycles. The van der Waals surface area contributed by atoms with Crippen LogP contribution in [-0.2, 0) is 6.42 Å². The second-order valence-corrected chi connectivity index (χ2v) is 7.18. The van der Waals surface area contributed by atoms with E-state index in [0.717, 1.165) is 44.5 Å². The molecule has 0 amide bonds. The van der Waals surface area contributed by atoms with E-state index in [1.165, 1.54) is 11.1 Å². The number of likely N-dealkylation sites (tertiary alicyclic amines) is 1. The number of hydrogen-bond donors (Lipinski definition) is 2. The molecule has 0 spiro atoms. The number of hydrogen-bond acceptors (Lipinski definition) is 3. The van der Waals surface area contributed by atoms with Crippen molar-refractivity contribution in [3.8, 4) is 5.75 Å². The summed E-state index contributed by atoms with van der Waals surface area (Å²) in [6, 6.07) is 15.7. The average Bonchev–Trinajstić information content (AvgIpc) is 2.61. The molecule has 0 aromatic heterocycles. The number of aryl methyl sites for hydroxylation is 1. The van der Waals surface area contributed by atoms with Crippen LogP contribution >= 0.6 is 0 Å². The minimum atomic E-state index is -0.577. The highest BCUT2D eigenvalue weighted by atomic mass is 16.3. The molecule has 1 heterocycles. The Labute approximate surface area is 150 Å². The molecule has 132 valence electrons. The number of phenols is 1. The van der Waals surface area contributed by atoms with Crippen LogP contribution in [0.4, 0.5) is 0 Å². The second kappa shape index (κ2) is 7.85. The standard InChI is InChI=1S/C22H27NO2/c1-18-4-6-20(7-5-18)17-22(25)12-15-23(16-13-22)14-2-3-19-8-10-21(24)11-9-19/h2-11,24-25H,12-17H2,1H3/b3-2+. The van der Waals surface area contributed by atoms with Gasteiger partial charge in [0.25, 0.3) is 0 Å². The molecule has 0 aliphatic carbocycles. The summed E-state index contributed by atoms with van der Waals surface area (Å²) in [4.78, 5) is 2.38. The molecule has 0 unspecified atom stereocenters. The molecule has 3 heteroatoms. The normalized spacial score (nSPS) is 17.8. The monoisotopic (exact) mass is 337 g/mol. The minimum Gasteiger partial charge on any atom is -0.508 e. The van der Waals surface area contributed by atoms with Gasteiger partial charge in [0.2, 0.25) is 0 Å². The van der Waals surface area contributed by atoms with Crippen molar-refractivity contribution < 1.29 is 10.2 Å². The van der Waals surface area contributed by atoms with E-state index in [1.807, 2.05) is 12.1 Å². The van der Waals surface area contributed by atoms with E-state index in [1.54, 1.807) is 12.1 Å². The molecular formula is C22H27NO2. The molecule has 1 aliphatic rings. The molecule has 2 N–H and O–H groups in total. The lowest BCUT2D eigenvalue weighted by atomic mass is 9.85. The second-order valence-electron chi connectivity index (χ2n) is 7.18. The maximum atomic E-state index is 10.9. The number of aromatic hydroxyl groups is 1. The lowest BCUT2D eigenvalue weighted by molar-refractivity contribution is -0.0180. The van der Waals surface area contributed by atoms with Gasteiger partial charge in [0.1, 0.15) is 5.75 Å². The molecule has 0 bridgehead atoms. The van der Waals surface area contributed by atoms with Crippen molar-refractivity contribution in [1.29, 1.82) is 0 Å². The Morgan fingerprint density at radius 1 is 1.00 bits per heavy atom. The molecule has 1 fully saturated rings. The van der Waals surface area contributed by atoms with E-state index >= 15 is 0 Å². The Bertz CT molecular complexity index is 696. The van der Waals surface area contributed by atoms with E-state index < -0.39 is 5.60 Å². The van der Waals surface area contributed by atoms with Gasteiger partial charge in [0.05, 0.1) is 5.60 Å². The number of benzene rings is 2. The fourth-order valence-electron chi connectivity index (χ4n) is 3.34. The largest absolute Gasteiger partial charge is 0.508 e. The van der Waals surface area contributed by atoms with E-state index in [2.05, 4.69) is 48.2 Å². The van der Waals surface area contributed by atoms with Crippen LogP contribution < -0.4 is 0 Å². The molecule has 3 rings (SSSR count). The summed E-state index contributed by atoms with van der Waals surface area (Å²) < 4.78 is 0. The lowest BCUT2D eigenvalue weighted by Gasteiger charge is -2.38. The molecule has 0 saturated carbocycles. The van der Waals surface area contributed by atoms with Crippen molar-refractivity contribution in [2.45, 2.75) is 31.8 Å². The highest BCUT2D eigenvalue weighted by molar-refractivity contribution is 5.50. The number of piperidine rings is 1. The van der Waals surface area contributed by atoms with Crippen molar-refractivity contribution in [1.82, 2.24) is 4.90 Å². The summed E-state index contributed by atoms with van der Waals surface area (Å²) in [6.07, 6.45) is 6.59. The summed E-state index contributed by atoms with van der Waals surface area (Å²) >= 11 is 0. The van der Waals surface area contributed by atoms with E-state index in [-0.39, 0.29) is 0 Å². The molecular weight excluding hydrogens is 310 g/mol. The number of aliphatic hydroxyl groups is 1. The fraction of sp³-hybridized carbons (Fsp3) is 0.364. The molecule has 0 radical (unpaired) electrons. The van der Waals surface area contributed by atoms with Crippen molar-refractivity contribution in [3.63, 3.8) is 0 Å². The summed E-state index contributed by atoms with van der Waals surface area (Å²) in [5, 5.41) is 20.2. The molecule has 1 aliphatic heterocycles. The Balaban J connectivity index is 1.47. The predicted molar refractivity (Wildman–Crippen MR) is 103 cm³/mol. The fourth-order valence-corrected chi connectivity index (χ4v) is 3.34. The summed E-state index contributed by atoms with van der Waals surface area (Å²) in [5.74, 6) is 0.293. The molecule has 2 aromatic rings. The zero-order chi connectivity index (χ0) is 17.7. The Morgan fingerprint density at radius 2 is 1.64 bits per heavy atom. The third kappa shape index (κ3) is 5.18. The van der Waals surface area contributed by atoms with Gasteiger partial charge in [-0.2, -0.15) is 0 Å². The zero-order valence-electron chi connectivity index (χ0n) is 14.9. The van der Waals surface area contributed by atoms with Crippen molar-refractivity contribution >= 4 is 6.08 Å². The minimum absolute atomic E-state index is 0.293. The van der Waals surface area contributed by atoms with E-state index in [9.17, 15) is 10.2 Å². The topological polar surface area (TPSA) is 43.7 Å². The average molecular weight is 337 g/mol. The Hall–Kier alpha value is -2.10. The first-order valence-electron chi connectivity index (χ1n) is 8.98. The quantitative estimate of drug-likeness (QED) is 0.872. The Morgan fingerprint density at radius 3 is 2.28 bits per heavy atom. The summed E-state index contributed by atoms with van der Waals surface area (Å²) in [6.45, 7) is 4.81. The van der Waals surface area contributed by atoms with Gasteiger partial charge >= 0.3 is 0 Å². The van der Waals surface area contributed by atoms with Crippen LogP contribution in [0.1, 0.15) is 29.5 Å². The first-order chi connectivity index (χ1) is 12.0. The van der Waals surface area contributed by atoms with Crippen LogP contribution in [0.3, 0.4) is 0 Å². The molecule has 2 aromatic carbocycles. The summed E-state index contributed by atoms with van der Waals surface area (Å²) in [5.41, 5.74) is 2.98. The van der Waals surface area contributed by atoms with Crippen LogP contribution in [0.15, 0.2) is 54.6 Å². The van der Waals surface area contributed by atoms with Crippen LogP contribution in [0.25, 0.3) is 6.08 Å².